The molecule has 2 saturated heterocycles. The Morgan fingerprint density at radius 3 is 2.79 bits per heavy atom. The zero-order valence-corrected chi connectivity index (χ0v) is 13.3. The van der Waals surface area contributed by atoms with Gasteiger partial charge in [0.1, 0.15) is 0 Å². The van der Waals surface area contributed by atoms with E-state index in [9.17, 15) is 4.79 Å². The summed E-state index contributed by atoms with van der Waals surface area (Å²) in [5, 5.41) is 4.19. The molecule has 0 spiro atoms. The highest BCUT2D eigenvalue weighted by Gasteiger charge is 2.43. The van der Waals surface area contributed by atoms with Crippen molar-refractivity contribution in [1.82, 2.24) is 10.2 Å². The Morgan fingerprint density at radius 2 is 2.05 bits per heavy atom. The molecule has 4 heteroatoms. The minimum atomic E-state index is 0.268. The second-order valence-corrected chi connectivity index (χ2v) is 7.29. The van der Waals surface area contributed by atoms with Crippen molar-refractivity contribution in [3.63, 3.8) is 0 Å². The molecule has 0 aromatic carbocycles. The lowest BCUT2D eigenvalue weighted by molar-refractivity contribution is -0.124. The number of likely N-dealkylation sites (tertiary alicyclic amines) is 1. The highest BCUT2D eigenvalue weighted by Crippen LogP contribution is 2.40. The first-order valence-corrected chi connectivity index (χ1v) is 8.94. The van der Waals surface area contributed by atoms with Crippen LogP contribution in [-0.2, 0) is 4.79 Å². The second kappa shape index (κ2) is 5.72. The maximum atomic E-state index is 11.8. The van der Waals surface area contributed by atoms with E-state index in [1.54, 1.807) is 0 Å². The van der Waals surface area contributed by atoms with Gasteiger partial charge in [0.2, 0.25) is 5.91 Å². The van der Waals surface area contributed by atoms with Crippen LogP contribution in [-0.4, -0.2) is 41.8 Å². The number of carbonyl (C=O) groups excluding carboxylic acids is 1. The van der Waals surface area contributed by atoms with Gasteiger partial charge in [0.05, 0.1) is 5.92 Å². The Hall–Kier alpha value is -0.0900. The van der Waals surface area contributed by atoms with Crippen molar-refractivity contribution in [2.45, 2.75) is 51.0 Å². The van der Waals surface area contributed by atoms with E-state index < -0.39 is 0 Å². The maximum Gasteiger partial charge on any atom is 0.224 e. The smallest absolute Gasteiger partial charge is 0.224 e. The lowest BCUT2D eigenvalue weighted by Crippen LogP contribution is -2.51. The zero-order valence-electron chi connectivity index (χ0n) is 11.7. The molecule has 108 valence electrons. The highest BCUT2D eigenvalue weighted by atomic mass is 79.9. The van der Waals surface area contributed by atoms with Crippen molar-refractivity contribution in [2.75, 3.05) is 25.0 Å². The molecule has 0 aromatic rings. The van der Waals surface area contributed by atoms with Crippen LogP contribution >= 0.6 is 15.9 Å². The van der Waals surface area contributed by atoms with E-state index in [-0.39, 0.29) is 5.92 Å². The van der Waals surface area contributed by atoms with Crippen molar-refractivity contribution in [2.24, 2.45) is 11.3 Å². The standard InChI is InChI=1S/C15H25BrN2O/c16-10-15(6-2-1-3-7-15)11-18-8-4-5-12-13(18)9-17-14(12)19/h12-13H,1-11H2,(H,17,19). The first kappa shape index (κ1) is 13.9. The summed E-state index contributed by atoms with van der Waals surface area (Å²) >= 11 is 3.77. The number of hydrogen-bond acceptors (Lipinski definition) is 2. The Labute approximate surface area is 124 Å². The fourth-order valence-electron chi connectivity index (χ4n) is 4.30. The van der Waals surface area contributed by atoms with Crippen molar-refractivity contribution in [1.29, 1.82) is 0 Å². The number of amides is 1. The van der Waals surface area contributed by atoms with Crippen LogP contribution in [0.1, 0.15) is 44.9 Å². The highest BCUT2D eigenvalue weighted by molar-refractivity contribution is 9.09. The average Bonchev–Trinajstić information content (AvgIpc) is 2.83. The molecule has 1 saturated carbocycles. The Kier molecular flexibility index (Phi) is 4.18. The molecule has 3 rings (SSSR count). The number of nitrogens with one attached hydrogen (secondary N) is 1. The predicted octanol–water partition coefficient (Wildman–Crippen LogP) is 2.54. The summed E-state index contributed by atoms with van der Waals surface area (Å²) in [5.41, 5.74) is 0.464. The van der Waals surface area contributed by atoms with Gasteiger partial charge < -0.3 is 5.32 Å². The predicted molar refractivity (Wildman–Crippen MR) is 80.4 cm³/mol. The van der Waals surface area contributed by atoms with Gasteiger partial charge in [-0.1, -0.05) is 35.2 Å². The number of nitrogens with zero attached hydrogens (tertiary/aromatic N) is 1. The number of alkyl halides is 1. The molecule has 3 aliphatic rings. The van der Waals surface area contributed by atoms with Gasteiger partial charge in [0.15, 0.2) is 0 Å². The molecule has 1 aliphatic carbocycles. The molecule has 2 heterocycles. The maximum absolute atomic E-state index is 11.8. The van der Waals surface area contributed by atoms with E-state index in [4.69, 9.17) is 0 Å². The molecular weight excluding hydrogens is 304 g/mol. The van der Waals surface area contributed by atoms with Gasteiger partial charge in [-0.2, -0.15) is 0 Å². The Morgan fingerprint density at radius 1 is 1.26 bits per heavy atom. The van der Waals surface area contributed by atoms with Gasteiger partial charge in [-0.15, -0.1) is 0 Å². The zero-order chi connectivity index (χ0) is 13.3. The summed E-state index contributed by atoms with van der Waals surface area (Å²) in [4.78, 5) is 14.5. The monoisotopic (exact) mass is 328 g/mol. The summed E-state index contributed by atoms with van der Waals surface area (Å²) in [7, 11) is 0. The van der Waals surface area contributed by atoms with E-state index in [0.717, 1.165) is 18.3 Å². The van der Waals surface area contributed by atoms with Gasteiger partial charge in [-0.25, -0.2) is 0 Å². The molecule has 2 unspecified atom stereocenters. The van der Waals surface area contributed by atoms with Gasteiger partial charge in [-0.05, 0) is 37.6 Å². The number of carbonyl (C=O) groups is 1. The summed E-state index contributed by atoms with van der Waals surface area (Å²) in [5.74, 6) is 0.566. The third-order valence-corrected chi connectivity index (χ3v) is 6.64. The number of hydrogen-bond donors (Lipinski definition) is 1. The minimum absolute atomic E-state index is 0.268. The van der Waals surface area contributed by atoms with E-state index in [1.165, 1.54) is 51.6 Å². The van der Waals surface area contributed by atoms with Gasteiger partial charge in [0.25, 0.3) is 0 Å². The SMILES string of the molecule is O=C1NCC2C1CCCN2CC1(CBr)CCCCC1. The Balaban J connectivity index is 1.69. The van der Waals surface area contributed by atoms with Crippen LogP contribution in [0.2, 0.25) is 0 Å². The van der Waals surface area contributed by atoms with Gasteiger partial charge >= 0.3 is 0 Å². The molecular formula is C15H25BrN2O. The third kappa shape index (κ3) is 2.71. The molecule has 2 atom stereocenters. The van der Waals surface area contributed by atoms with Crippen LogP contribution in [0.5, 0.6) is 0 Å². The summed E-state index contributed by atoms with van der Waals surface area (Å²) in [6.45, 7) is 3.25. The third-order valence-electron chi connectivity index (χ3n) is 5.45. The molecule has 1 N–H and O–H groups in total. The van der Waals surface area contributed by atoms with E-state index >= 15 is 0 Å². The quantitative estimate of drug-likeness (QED) is 0.807. The molecule has 3 fully saturated rings. The number of piperidine rings is 1. The van der Waals surface area contributed by atoms with Crippen LogP contribution in [0.4, 0.5) is 0 Å². The van der Waals surface area contributed by atoms with Gasteiger partial charge in [-0.3, -0.25) is 9.69 Å². The van der Waals surface area contributed by atoms with Crippen molar-refractivity contribution in [3.8, 4) is 0 Å². The Bertz CT molecular complexity index is 341. The van der Waals surface area contributed by atoms with Crippen LogP contribution in [0.15, 0.2) is 0 Å². The van der Waals surface area contributed by atoms with Gasteiger partial charge in [0, 0.05) is 24.5 Å². The summed E-state index contributed by atoms with van der Waals surface area (Å²) < 4.78 is 0. The molecule has 19 heavy (non-hydrogen) atoms. The number of rotatable bonds is 3. The minimum Gasteiger partial charge on any atom is -0.354 e. The fraction of sp³-hybridized carbons (Fsp3) is 0.933. The van der Waals surface area contributed by atoms with Crippen LogP contribution in [0.3, 0.4) is 0 Å². The summed E-state index contributed by atoms with van der Waals surface area (Å²) in [6, 6.07) is 0.471. The molecule has 1 amide bonds. The van der Waals surface area contributed by atoms with Crippen LogP contribution in [0, 0.1) is 11.3 Å². The molecule has 0 radical (unpaired) electrons. The van der Waals surface area contributed by atoms with E-state index in [2.05, 4.69) is 26.1 Å². The first-order chi connectivity index (χ1) is 9.24. The lowest BCUT2D eigenvalue weighted by atomic mass is 9.74. The van der Waals surface area contributed by atoms with Crippen LogP contribution in [0.25, 0.3) is 0 Å². The summed E-state index contributed by atoms with van der Waals surface area (Å²) in [6.07, 6.45) is 9.15. The second-order valence-electron chi connectivity index (χ2n) is 6.73. The normalized spacial score (nSPS) is 34.9. The largest absolute Gasteiger partial charge is 0.354 e. The van der Waals surface area contributed by atoms with Crippen molar-refractivity contribution in [3.05, 3.63) is 0 Å². The molecule has 2 aliphatic heterocycles. The topological polar surface area (TPSA) is 32.3 Å². The number of halogens is 1. The van der Waals surface area contributed by atoms with E-state index in [1.807, 2.05) is 0 Å². The first-order valence-electron chi connectivity index (χ1n) is 7.82. The van der Waals surface area contributed by atoms with E-state index in [0.29, 0.717) is 17.4 Å². The van der Waals surface area contributed by atoms with Crippen molar-refractivity contribution >= 4 is 21.8 Å². The number of fused-ring (bicyclic) bond motifs is 1. The lowest BCUT2D eigenvalue weighted by Gasteiger charge is -2.44. The van der Waals surface area contributed by atoms with Crippen LogP contribution < -0.4 is 5.32 Å². The fourth-order valence-corrected chi connectivity index (χ4v) is 5.04. The van der Waals surface area contributed by atoms with Crippen molar-refractivity contribution < 1.29 is 4.79 Å². The average molecular weight is 329 g/mol. The molecule has 0 aromatic heterocycles. The molecule has 3 nitrogen and oxygen atoms in total. The molecule has 0 bridgehead atoms.